The molecular formula is C21H15F2NO4. The van der Waals surface area contributed by atoms with Crippen LogP contribution in [0.15, 0.2) is 59.0 Å². The number of anilines is 1. The normalized spacial score (nSPS) is 11.0. The zero-order valence-electron chi connectivity index (χ0n) is 14.8. The molecule has 0 aliphatic carbocycles. The van der Waals surface area contributed by atoms with E-state index in [1.54, 1.807) is 12.1 Å². The van der Waals surface area contributed by atoms with Crippen LogP contribution in [0, 0.1) is 11.6 Å². The number of carbonyl (C=O) groups excluding carboxylic acids is 1. The van der Waals surface area contributed by atoms with Gasteiger partial charge in [-0.15, -0.1) is 0 Å². The van der Waals surface area contributed by atoms with E-state index in [9.17, 15) is 13.6 Å². The molecule has 3 aromatic carbocycles. The molecule has 0 atom stereocenters. The lowest BCUT2D eigenvalue weighted by molar-refractivity contribution is -0.118. The Bertz CT molecular complexity index is 1190. The largest absolute Gasteiger partial charge is 0.495 e. The van der Waals surface area contributed by atoms with E-state index in [-0.39, 0.29) is 5.75 Å². The molecule has 0 saturated carbocycles. The average molecular weight is 383 g/mol. The van der Waals surface area contributed by atoms with Gasteiger partial charge in [-0.1, -0.05) is 18.2 Å². The van der Waals surface area contributed by atoms with Crippen LogP contribution in [0.25, 0.3) is 21.9 Å². The van der Waals surface area contributed by atoms with Gasteiger partial charge in [-0.3, -0.25) is 4.79 Å². The molecule has 7 heteroatoms. The van der Waals surface area contributed by atoms with Crippen molar-refractivity contribution in [1.82, 2.24) is 0 Å². The van der Waals surface area contributed by atoms with Crippen molar-refractivity contribution in [2.45, 2.75) is 0 Å². The van der Waals surface area contributed by atoms with Crippen LogP contribution in [-0.4, -0.2) is 19.6 Å². The molecule has 142 valence electrons. The predicted octanol–water partition coefficient (Wildman–Crippen LogP) is 4.89. The number of amides is 1. The number of carbonyl (C=O) groups is 1. The van der Waals surface area contributed by atoms with Gasteiger partial charge in [0.15, 0.2) is 18.2 Å². The highest BCUT2D eigenvalue weighted by molar-refractivity contribution is 6.07. The van der Waals surface area contributed by atoms with Crippen LogP contribution < -0.4 is 14.8 Å². The van der Waals surface area contributed by atoms with Crippen molar-refractivity contribution in [3.8, 4) is 11.5 Å². The summed E-state index contributed by atoms with van der Waals surface area (Å²) in [5.41, 5.74) is 1.70. The summed E-state index contributed by atoms with van der Waals surface area (Å²) in [6.45, 7) is -0.454. The molecule has 0 bridgehead atoms. The molecule has 5 nitrogen and oxygen atoms in total. The summed E-state index contributed by atoms with van der Waals surface area (Å²) in [6, 6.07) is 13.9. The highest BCUT2D eigenvalue weighted by atomic mass is 19.1. The third-order valence-corrected chi connectivity index (χ3v) is 4.23. The van der Waals surface area contributed by atoms with Gasteiger partial charge in [0.25, 0.3) is 5.91 Å². The minimum absolute atomic E-state index is 0.212. The Kier molecular flexibility index (Phi) is 4.57. The van der Waals surface area contributed by atoms with Crippen molar-refractivity contribution < 1.29 is 27.5 Å². The quantitative estimate of drug-likeness (QED) is 0.533. The van der Waals surface area contributed by atoms with Crippen LogP contribution in [0.1, 0.15) is 0 Å². The van der Waals surface area contributed by atoms with E-state index in [1.165, 1.54) is 7.11 Å². The standard InChI is InChI=1S/C21H15F2NO4/c1-26-20-9-14-13-4-2-3-5-17(13)28-19(14)10-16(20)24-21(25)11-27-18-7-6-12(22)8-15(18)23/h2-10H,11H2,1H3,(H,24,25). The first kappa shape index (κ1) is 17.8. The summed E-state index contributed by atoms with van der Waals surface area (Å²) < 4.78 is 42.8. The number of fused-ring (bicyclic) bond motifs is 3. The molecule has 0 fully saturated rings. The Morgan fingerprint density at radius 2 is 1.82 bits per heavy atom. The predicted molar refractivity (Wildman–Crippen MR) is 101 cm³/mol. The number of ether oxygens (including phenoxy) is 2. The molecule has 1 amide bonds. The molecule has 1 N–H and O–H groups in total. The number of benzene rings is 3. The molecule has 0 saturated heterocycles. The fourth-order valence-corrected chi connectivity index (χ4v) is 2.94. The van der Waals surface area contributed by atoms with Gasteiger partial charge in [-0.25, -0.2) is 8.78 Å². The number of furan rings is 1. The van der Waals surface area contributed by atoms with Gasteiger partial charge >= 0.3 is 0 Å². The van der Waals surface area contributed by atoms with Crippen molar-refractivity contribution >= 4 is 33.5 Å². The minimum atomic E-state index is -0.880. The Morgan fingerprint density at radius 3 is 2.61 bits per heavy atom. The highest BCUT2D eigenvalue weighted by Crippen LogP contribution is 2.36. The average Bonchev–Trinajstić information content (AvgIpc) is 3.04. The van der Waals surface area contributed by atoms with E-state index in [0.29, 0.717) is 23.1 Å². The molecule has 1 aromatic heterocycles. The van der Waals surface area contributed by atoms with Crippen molar-refractivity contribution in [2.75, 3.05) is 19.0 Å². The van der Waals surface area contributed by atoms with Gasteiger partial charge in [0.05, 0.1) is 12.8 Å². The molecule has 4 rings (SSSR count). The van der Waals surface area contributed by atoms with Crippen LogP contribution in [0.4, 0.5) is 14.5 Å². The van der Waals surface area contributed by atoms with Crippen LogP contribution in [0.2, 0.25) is 0 Å². The summed E-state index contributed by atoms with van der Waals surface area (Å²) in [5.74, 6) is -1.90. The van der Waals surface area contributed by atoms with E-state index >= 15 is 0 Å². The minimum Gasteiger partial charge on any atom is -0.495 e. The summed E-state index contributed by atoms with van der Waals surface area (Å²) in [6.07, 6.45) is 0. The molecule has 0 spiro atoms. The third-order valence-electron chi connectivity index (χ3n) is 4.23. The Labute approximate surface area is 158 Å². The van der Waals surface area contributed by atoms with Crippen LogP contribution in [0.3, 0.4) is 0 Å². The lowest BCUT2D eigenvalue weighted by atomic mass is 10.1. The highest BCUT2D eigenvalue weighted by Gasteiger charge is 2.15. The monoisotopic (exact) mass is 383 g/mol. The van der Waals surface area contributed by atoms with E-state index < -0.39 is 24.1 Å². The maximum absolute atomic E-state index is 13.6. The molecule has 0 unspecified atom stereocenters. The van der Waals surface area contributed by atoms with E-state index in [4.69, 9.17) is 13.9 Å². The number of rotatable bonds is 5. The number of halogens is 2. The summed E-state index contributed by atoms with van der Waals surface area (Å²) >= 11 is 0. The van der Waals surface area contributed by atoms with Crippen molar-refractivity contribution in [2.24, 2.45) is 0 Å². The topological polar surface area (TPSA) is 60.7 Å². The van der Waals surface area contributed by atoms with Gasteiger partial charge in [-0.2, -0.15) is 0 Å². The SMILES string of the molecule is COc1cc2c(cc1NC(=O)COc1ccc(F)cc1F)oc1ccccc12. The van der Waals surface area contributed by atoms with E-state index in [0.717, 1.165) is 28.5 Å². The zero-order valence-corrected chi connectivity index (χ0v) is 14.8. The second kappa shape index (κ2) is 7.19. The number of methoxy groups -OCH3 is 1. The lowest BCUT2D eigenvalue weighted by Crippen LogP contribution is -2.20. The summed E-state index contributed by atoms with van der Waals surface area (Å²) in [7, 11) is 1.49. The van der Waals surface area contributed by atoms with Gasteiger partial charge in [0, 0.05) is 22.9 Å². The van der Waals surface area contributed by atoms with Gasteiger partial charge in [-0.05, 0) is 24.3 Å². The smallest absolute Gasteiger partial charge is 0.262 e. The molecule has 0 radical (unpaired) electrons. The molecule has 4 aromatic rings. The lowest BCUT2D eigenvalue weighted by Gasteiger charge is -2.11. The fraction of sp³-hybridized carbons (Fsp3) is 0.0952. The first-order valence-corrected chi connectivity index (χ1v) is 8.42. The molecule has 0 aliphatic rings. The molecule has 1 heterocycles. The second-order valence-electron chi connectivity index (χ2n) is 6.06. The van der Waals surface area contributed by atoms with E-state index in [1.807, 2.05) is 24.3 Å². The van der Waals surface area contributed by atoms with E-state index in [2.05, 4.69) is 5.32 Å². The van der Waals surface area contributed by atoms with Crippen LogP contribution >= 0.6 is 0 Å². The second-order valence-corrected chi connectivity index (χ2v) is 6.06. The van der Waals surface area contributed by atoms with Gasteiger partial charge in [0.1, 0.15) is 22.7 Å². The summed E-state index contributed by atoms with van der Waals surface area (Å²) in [4.78, 5) is 12.2. The van der Waals surface area contributed by atoms with Crippen LogP contribution in [-0.2, 0) is 4.79 Å². The first-order valence-electron chi connectivity index (χ1n) is 8.42. The number of hydrogen-bond acceptors (Lipinski definition) is 4. The van der Waals surface area contributed by atoms with Crippen molar-refractivity contribution in [1.29, 1.82) is 0 Å². The number of para-hydroxylation sites is 1. The Balaban J connectivity index is 1.56. The fourth-order valence-electron chi connectivity index (χ4n) is 2.94. The maximum atomic E-state index is 13.6. The Hall–Kier alpha value is -3.61. The maximum Gasteiger partial charge on any atom is 0.262 e. The van der Waals surface area contributed by atoms with Crippen molar-refractivity contribution in [3.05, 3.63) is 66.2 Å². The Morgan fingerprint density at radius 1 is 1.00 bits per heavy atom. The van der Waals surface area contributed by atoms with Crippen molar-refractivity contribution in [3.63, 3.8) is 0 Å². The molecular weight excluding hydrogens is 368 g/mol. The van der Waals surface area contributed by atoms with Gasteiger partial charge in [0.2, 0.25) is 0 Å². The first-order chi connectivity index (χ1) is 13.5. The van der Waals surface area contributed by atoms with Crippen LogP contribution in [0.5, 0.6) is 11.5 Å². The summed E-state index contributed by atoms with van der Waals surface area (Å²) in [5, 5.41) is 4.44. The van der Waals surface area contributed by atoms with Gasteiger partial charge < -0.3 is 19.2 Å². The number of hydrogen-bond donors (Lipinski definition) is 1. The number of nitrogens with one attached hydrogen (secondary N) is 1. The third kappa shape index (κ3) is 3.34. The molecule has 28 heavy (non-hydrogen) atoms. The molecule has 0 aliphatic heterocycles. The zero-order chi connectivity index (χ0) is 19.7.